The first-order chi connectivity index (χ1) is 12.1. The Morgan fingerprint density at radius 1 is 0.808 bits per heavy atom. The molecule has 0 aliphatic rings. The first-order valence-electron chi connectivity index (χ1n) is 9.24. The van der Waals surface area contributed by atoms with E-state index in [-0.39, 0.29) is 10.8 Å². The van der Waals surface area contributed by atoms with Gasteiger partial charge in [-0.25, -0.2) is 0 Å². The van der Waals surface area contributed by atoms with Crippen LogP contribution in [0, 0.1) is 0 Å². The molecule has 2 aromatic carbocycles. The van der Waals surface area contributed by atoms with Crippen LogP contribution >= 0.6 is 0 Å². The Kier molecular flexibility index (Phi) is 3.56. The molecular weight excluding hydrogens is 318 g/mol. The fraction of sp³-hybridized carbons (Fsp3) is 0.348. The highest BCUT2D eigenvalue weighted by molar-refractivity contribution is 6.04. The molecule has 0 aliphatic heterocycles. The predicted molar refractivity (Wildman–Crippen MR) is 111 cm³/mol. The van der Waals surface area contributed by atoms with Crippen molar-refractivity contribution < 1.29 is 0 Å². The van der Waals surface area contributed by atoms with Crippen molar-refractivity contribution >= 4 is 21.8 Å². The fourth-order valence-electron chi connectivity index (χ4n) is 3.51. The van der Waals surface area contributed by atoms with Gasteiger partial charge in [0.05, 0.1) is 11.7 Å². The first kappa shape index (κ1) is 16.9. The summed E-state index contributed by atoms with van der Waals surface area (Å²) in [7, 11) is 0. The molecule has 0 amide bonds. The minimum Gasteiger partial charge on any atom is -0.361 e. The Bertz CT molecular complexity index is 1100. The number of aromatic nitrogens is 3. The van der Waals surface area contributed by atoms with Crippen LogP contribution in [-0.2, 0) is 10.8 Å². The largest absolute Gasteiger partial charge is 0.361 e. The molecule has 26 heavy (non-hydrogen) atoms. The van der Waals surface area contributed by atoms with Crippen molar-refractivity contribution in [3.05, 3.63) is 53.9 Å². The average molecular weight is 345 g/mol. The van der Waals surface area contributed by atoms with Gasteiger partial charge in [-0.1, -0.05) is 47.6 Å². The fourth-order valence-corrected chi connectivity index (χ4v) is 3.51. The lowest BCUT2D eigenvalue weighted by Gasteiger charge is -2.21. The summed E-state index contributed by atoms with van der Waals surface area (Å²) >= 11 is 0. The van der Waals surface area contributed by atoms with Gasteiger partial charge in [0.25, 0.3) is 0 Å². The molecule has 0 radical (unpaired) electrons. The second-order valence-corrected chi connectivity index (χ2v) is 9.32. The van der Waals surface area contributed by atoms with Gasteiger partial charge < -0.3 is 4.98 Å². The monoisotopic (exact) mass is 345 g/mol. The number of benzene rings is 2. The molecule has 4 aromatic rings. The molecule has 134 valence electrons. The van der Waals surface area contributed by atoms with E-state index >= 15 is 0 Å². The summed E-state index contributed by atoms with van der Waals surface area (Å²) in [6.07, 6.45) is 4.04. The number of hydrogen-bond donors (Lipinski definition) is 2. The summed E-state index contributed by atoms with van der Waals surface area (Å²) in [6, 6.07) is 11.3. The van der Waals surface area contributed by atoms with E-state index in [1.165, 1.54) is 33.2 Å². The van der Waals surface area contributed by atoms with Gasteiger partial charge in [0.2, 0.25) is 0 Å². The van der Waals surface area contributed by atoms with E-state index in [1.54, 1.807) is 0 Å². The molecule has 0 saturated carbocycles. The maximum atomic E-state index is 4.30. The van der Waals surface area contributed by atoms with Crippen LogP contribution in [0.2, 0.25) is 0 Å². The average Bonchev–Trinajstić information content (AvgIpc) is 3.18. The summed E-state index contributed by atoms with van der Waals surface area (Å²) in [5, 5.41) is 9.92. The smallest absolute Gasteiger partial charge is 0.0729 e. The molecule has 2 heterocycles. The number of nitrogens with one attached hydrogen (secondary N) is 2. The summed E-state index contributed by atoms with van der Waals surface area (Å²) < 4.78 is 0. The molecule has 0 saturated heterocycles. The molecule has 3 nitrogen and oxygen atoms in total. The van der Waals surface area contributed by atoms with Crippen LogP contribution in [-0.4, -0.2) is 15.2 Å². The van der Waals surface area contributed by atoms with E-state index in [9.17, 15) is 0 Å². The van der Waals surface area contributed by atoms with Crippen molar-refractivity contribution in [2.24, 2.45) is 0 Å². The molecular formula is C23H27N3. The van der Waals surface area contributed by atoms with Crippen LogP contribution in [0.3, 0.4) is 0 Å². The SMILES string of the molecule is CC(C)(C)c1cc(-c2c[nH]c3ccc(C(C)(C)C)cc23)c2[nH]ncc2c1. The van der Waals surface area contributed by atoms with Crippen molar-refractivity contribution in [1.82, 2.24) is 15.2 Å². The van der Waals surface area contributed by atoms with Gasteiger partial charge in [0.1, 0.15) is 0 Å². The van der Waals surface area contributed by atoms with Crippen LogP contribution < -0.4 is 0 Å². The normalized spacial score (nSPS) is 13.0. The van der Waals surface area contributed by atoms with E-state index in [1.807, 2.05) is 6.20 Å². The zero-order valence-corrected chi connectivity index (χ0v) is 16.5. The Morgan fingerprint density at radius 3 is 2.23 bits per heavy atom. The molecule has 2 aromatic heterocycles. The number of rotatable bonds is 1. The third-order valence-corrected chi connectivity index (χ3v) is 5.25. The van der Waals surface area contributed by atoms with E-state index < -0.39 is 0 Å². The topological polar surface area (TPSA) is 44.5 Å². The van der Waals surface area contributed by atoms with Crippen LogP contribution in [0.15, 0.2) is 42.7 Å². The van der Waals surface area contributed by atoms with Crippen LogP contribution in [0.25, 0.3) is 32.9 Å². The first-order valence-corrected chi connectivity index (χ1v) is 9.24. The highest BCUT2D eigenvalue weighted by Gasteiger charge is 2.20. The van der Waals surface area contributed by atoms with Gasteiger partial charge in [-0.2, -0.15) is 5.10 Å². The number of aromatic amines is 2. The number of hydrogen-bond acceptors (Lipinski definition) is 1. The van der Waals surface area contributed by atoms with Crippen molar-refractivity contribution in [2.45, 2.75) is 52.4 Å². The van der Waals surface area contributed by atoms with Gasteiger partial charge >= 0.3 is 0 Å². The summed E-state index contributed by atoms with van der Waals surface area (Å²) in [4.78, 5) is 3.45. The molecule has 0 atom stereocenters. The molecule has 0 aliphatic carbocycles. The molecule has 0 unspecified atom stereocenters. The van der Waals surface area contributed by atoms with E-state index in [4.69, 9.17) is 0 Å². The standard InChI is InChI=1S/C23H27N3/c1-22(2,3)15-7-8-20-17(10-15)19(13-24-20)18-11-16(23(4,5)6)9-14-12-25-26-21(14)18/h7-13,24H,1-6H3,(H,25,26). The predicted octanol–water partition coefficient (Wildman–Crippen LogP) is 6.31. The third-order valence-electron chi connectivity index (χ3n) is 5.25. The zero-order valence-electron chi connectivity index (χ0n) is 16.5. The van der Waals surface area contributed by atoms with Gasteiger partial charge in [0.15, 0.2) is 0 Å². The molecule has 3 heteroatoms. The van der Waals surface area contributed by atoms with Gasteiger partial charge in [0, 0.05) is 33.6 Å². The Balaban J connectivity index is 2.02. The summed E-state index contributed by atoms with van der Waals surface area (Å²) in [5.74, 6) is 0. The summed E-state index contributed by atoms with van der Waals surface area (Å²) in [5.41, 5.74) is 7.58. The minimum absolute atomic E-state index is 0.0862. The second-order valence-electron chi connectivity index (χ2n) is 9.32. The minimum atomic E-state index is 0.0862. The number of nitrogens with zero attached hydrogens (tertiary/aromatic N) is 1. The maximum absolute atomic E-state index is 4.30. The number of fused-ring (bicyclic) bond motifs is 2. The molecule has 2 N–H and O–H groups in total. The van der Waals surface area contributed by atoms with Crippen molar-refractivity contribution in [3.63, 3.8) is 0 Å². The van der Waals surface area contributed by atoms with E-state index in [2.05, 4.69) is 93.3 Å². The van der Waals surface area contributed by atoms with E-state index in [0.717, 1.165) is 10.9 Å². The van der Waals surface area contributed by atoms with Gasteiger partial charge in [-0.3, -0.25) is 5.10 Å². The quantitative estimate of drug-likeness (QED) is 0.417. The lowest BCUT2D eigenvalue weighted by atomic mass is 9.83. The van der Waals surface area contributed by atoms with E-state index in [0.29, 0.717) is 0 Å². The summed E-state index contributed by atoms with van der Waals surface area (Å²) in [6.45, 7) is 13.5. The molecule has 0 bridgehead atoms. The Labute approximate surface area is 154 Å². The number of H-pyrrole nitrogens is 2. The Hall–Kier alpha value is -2.55. The van der Waals surface area contributed by atoms with Gasteiger partial charge in [-0.15, -0.1) is 0 Å². The highest BCUT2D eigenvalue weighted by Crippen LogP contribution is 2.38. The van der Waals surface area contributed by atoms with Gasteiger partial charge in [-0.05, 0) is 46.2 Å². The second kappa shape index (κ2) is 5.47. The third kappa shape index (κ3) is 2.72. The van der Waals surface area contributed by atoms with Crippen LogP contribution in [0.1, 0.15) is 52.7 Å². The van der Waals surface area contributed by atoms with Crippen molar-refractivity contribution in [2.75, 3.05) is 0 Å². The van der Waals surface area contributed by atoms with Crippen molar-refractivity contribution in [3.8, 4) is 11.1 Å². The highest BCUT2D eigenvalue weighted by atomic mass is 15.1. The van der Waals surface area contributed by atoms with Crippen LogP contribution in [0.5, 0.6) is 0 Å². The molecule has 0 fully saturated rings. The Morgan fingerprint density at radius 2 is 1.54 bits per heavy atom. The maximum Gasteiger partial charge on any atom is 0.0729 e. The van der Waals surface area contributed by atoms with Crippen molar-refractivity contribution in [1.29, 1.82) is 0 Å². The molecule has 0 spiro atoms. The lowest BCUT2D eigenvalue weighted by molar-refractivity contribution is 0.591. The van der Waals surface area contributed by atoms with Crippen LogP contribution in [0.4, 0.5) is 0 Å². The molecule has 4 rings (SSSR count). The lowest BCUT2D eigenvalue weighted by Crippen LogP contribution is -2.11. The zero-order chi connectivity index (χ0) is 18.7.